The van der Waals surface area contributed by atoms with Crippen LogP contribution >= 0.6 is 0 Å². The van der Waals surface area contributed by atoms with Crippen LogP contribution in [0.5, 0.6) is 0 Å². The third-order valence-electron chi connectivity index (χ3n) is 2.92. The van der Waals surface area contributed by atoms with Gasteiger partial charge in [-0.15, -0.1) is 0 Å². The summed E-state index contributed by atoms with van der Waals surface area (Å²) < 4.78 is 37.4. The summed E-state index contributed by atoms with van der Waals surface area (Å²) >= 11 is 0. The average molecular weight is 241 g/mol. The molecule has 1 aliphatic heterocycles. The summed E-state index contributed by atoms with van der Waals surface area (Å²) in [5.41, 5.74) is -2.77. The molecule has 4 nitrogen and oxygen atoms in total. The molecule has 0 radical (unpaired) electrons. The van der Waals surface area contributed by atoms with Gasteiger partial charge in [0.2, 0.25) is 0 Å². The molecule has 0 spiro atoms. The lowest BCUT2D eigenvalue weighted by molar-refractivity contribution is -0.254. The first-order valence-electron chi connectivity index (χ1n) is 4.97. The molecule has 94 valence electrons. The number of aliphatic hydroxyl groups is 1. The molecule has 2 atom stereocenters. The number of β-amino-alcohol motifs (C(OH)–C–C–N with tert-alkyl or cyclic N) is 1. The molecule has 0 bridgehead atoms. The van der Waals surface area contributed by atoms with E-state index < -0.39 is 36.8 Å². The van der Waals surface area contributed by atoms with E-state index in [1.807, 2.05) is 0 Å². The van der Waals surface area contributed by atoms with Gasteiger partial charge in [-0.2, -0.15) is 13.2 Å². The van der Waals surface area contributed by atoms with Crippen LogP contribution in [-0.4, -0.2) is 52.0 Å². The summed E-state index contributed by atoms with van der Waals surface area (Å²) in [7, 11) is 0. The maximum absolute atomic E-state index is 12.5. The molecule has 1 rings (SSSR count). The number of hydrogen-bond donors (Lipinski definition) is 2. The lowest BCUT2D eigenvalue weighted by Crippen LogP contribution is -2.49. The largest absolute Gasteiger partial charge is 0.480 e. The van der Waals surface area contributed by atoms with Crippen LogP contribution in [0.15, 0.2) is 0 Å². The van der Waals surface area contributed by atoms with Gasteiger partial charge in [-0.05, 0) is 12.8 Å². The van der Waals surface area contributed by atoms with Crippen molar-refractivity contribution in [3.63, 3.8) is 0 Å². The number of carboxylic acid groups (broad SMARTS) is 1. The monoisotopic (exact) mass is 241 g/mol. The number of nitrogens with zero attached hydrogens (tertiary/aromatic N) is 1. The molecular formula is C9H14F3NO3. The molecule has 0 aromatic rings. The third kappa shape index (κ3) is 2.30. The third-order valence-corrected chi connectivity index (χ3v) is 2.92. The van der Waals surface area contributed by atoms with Crippen molar-refractivity contribution in [2.45, 2.75) is 37.6 Å². The highest BCUT2D eigenvalue weighted by molar-refractivity contribution is 5.73. The molecule has 0 aromatic heterocycles. The molecule has 7 heteroatoms. The topological polar surface area (TPSA) is 60.8 Å². The van der Waals surface area contributed by atoms with E-state index in [1.54, 1.807) is 6.92 Å². The van der Waals surface area contributed by atoms with Crippen molar-refractivity contribution in [1.82, 2.24) is 4.90 Å². The summed E-state index contributed by atoms with van der Waals surface area (Å²) in [6.45, 7) is 0.867. The zero-order chi connectivity index (χ0) is 12.6. The maximum atomic E-state index is 12.5. The van der Waals surface area contributed by atoms with Gasteiger partial charge in [0.25, 0.3) is 0 Å². The molecule has 1 heterocycles. The van der Waals surface area contributed by atoms with Gasteiger partial charge in [-0.25, -0.2) is 0 Å². The number of aliphatic carboxylic acids is 1. The zero-order valence-electron chi connectivity index (χ0n) is 8.79. The molecule has 1 fully saturated rings. The highest BCUT2D eigenvalue weighted by Gasteiger charge is 2.58. The molecule has 16 heavy (non-hydrogen) atoms. The summed E-state index contributed by atoms with van der Waals surface area (Å²) in [5.74, 6) is -1.16. The van der Waals surface area contributed by atoms with E-state index in [1.165, 1.54) is 0 Å². The average Bonchev–Trinajstić information content (AvgIpc) is 2.49. The van der Waals surface area contributed by atoms with Crippen LogP contribution in [-0.2, 0) is 4.79 Å². The molecule has 0 aromatic carbocycles. The van der Waals surface area contributed by atoms with Crippen LogP contribution in [0.3, 0.4) is 0 Å². The Bertz CT molecular complexity index is 282. The minimum atomic E-state index is -4.71. The van der Waals surface area contributed by atoms with Gasteiger partial charge in [0, 0.05) is 13.1 Å². The number of rotatable bonds is 3. The van der Waals surface area contributed by atoms with E-state index in [2.05, 4.69) is 0 Å². The number of likely N-dealkylation sites (tertiary alicyclic amines) is 1. The first-order chi connectivity index (χ1) is 7.21. The normalized spacial score (nSPS) is 29.3. The van der Waals surface area contributed by atoms with Gasteiger partial charge in [0.1, 0.15) is 6.04 Å². The van der Waals surface area contributed by atoms with Crippen molar-refractivity contribution < 1.29 is 28.2 Å². The van der Waals surface area contributed by atoms with E-state index in [0.29, 0.717) is 0 Å². The van der Waals surface area contributed by atoms with E-state index >= 15 is 0 Å². The number of carboxylic acids is 1. The van der Waals surface area contributed by atoms with Gasteiger partial charge < -0.3 is 10.2 Å². The second kappa shape index (κ2) is 4.21. The molecule has 0 unspecified atom stereocenters. The zero-order valence-corrected chi connectivity index (χ0v) is 8.79. The van der Waals surface area contributed by atoms with Crippen molar-refractivity contribution in [2.24, 2.45) is 0 Å². The second-order valence-corrected chi connectivity index (χ2v) is 4.01. The Balaban J connectivity index is 2.75. The number of halogens is 3. The Labute approximate surface area is 90.7 Å². The van der Waals surface area contributed by atoms with E-state index in [9.17, 15) is 23.1 Å². The lowest BCUT2D eigenvalue weighted by atomic mass is 10.0. The van der Waals surface area contributed by atoms with Crippen LogP contribution in [0.4, 0.5) is 13.2 Å². The number of alkyl halides is 3. The van der Waals surface area contributed by atoms with Crippen LogP contribution < -0.4 is 0 Å². The van der Waals surface area contributed by atoms with Gasteiger partial charge in [0.05, 0.1) is 0 Å². The van der Waals surface area contributed by atoms with Gasteiger partial charge in [0.15, 0.2) is 5.60 Å². The molecule has 1 aliphatic rings. The van der Waals surface area contributed by atoms with Crippen molar-refractivity contribution in [3.8, 4) is 0 Å². The predicted molar refractivity (Wildman–Crippen MR) is 48.9 cm³/mol. The second-order valence-electron chi connectivity index (χ2n) is 4.01. The van der Waals surface area contributed by atoms with Crippen molar-refractivity contribution >= 4 is 5.97 Å². The highest BCUT2D eigenvalue weighted by Crippen LogP contribution is 2.38. The fraction of sp³-hybridized carbons (Fsp3) is 0.889. The Morgan fingerprint density at radius 3 is 2.44 bits per heavy atom. The van der Waals surface area contributed by atoms with Gasteiger partial charge >= 0.3 is 12.1 Å². The summed E-state index contributed by atoms with van der Waals surface area (Å²) in [5, 5.41) is 18.2. The minimum Gasteiger partial charge on any atom is -0.480 e. The van der Waals surface area contributed by atoms with E-state index in [0.717, 1.165) is 4.90 Å². The summed E-state index contributed by atoms with van der Waals surface area (Å²) in [6, 6.07) is -0.962. The lowest BCUT2D eigenvalue weighted by Gasteiger charge is -2.28. The number of carbonyl (C=O) groups is 1. The Morgan fingerprint density at radius 2 is 2.12 bits per heavy atom. The quantitative estimate of drug-likeness (QED) is 0.769. The molecule has 0 aliphatic carbocycles. The fourth-order valence-electron chi connectivity index (χ4n) is 1.91. The summed E-state index contributed by atoms with van der Waals surface area (Å²) in [4.78, 5) is 11.9. The Kier molecular flexibility index (Phi) is 3.49. The predicted octanol–water partition coefficient (Wildman–Crippen LogP) is 0.849. The van der Waals surface area contributed by atoms with Gasteiger partial charge in [-0.3, -0.25) is 9.69 Å². The summed E-state index contributed by atoms with van der Waals surface area (Å²) in [6.07, 6.45) is -4.97. The first-order valence-corrected chi connectivity index (χ1v) is 4.97. The minimum absolute atomic E-state index is 0.0547. The fourth-order valence-corrected chi connectivity index (χ4v) is 1.91. The van der Waals surface area contributed by atoms with Crippen molar-refractivity contribution in [3.05, 3.63) is 0 Å². The Hall–Kier alpha value is -0.820. The van der Waals surface area contributed by atoms with Crippen LogP contribution in [0.2, 0.25) is 0 Å². The molecular weight excluding hydrogens is 227 g/mol. The molecule has 0 amide bonds. The number of hydrogen-bond acceptors (Lipinski definition) is 3. The first kappa shape index (κ1) is 13.2. The van der Waals surface area contributed by atoms with Crippen molar-refractivity contribution in [1.29, 1.82) is 0 Å². The highest BCUT2D eigenvalue weighted by atomic mass is 19.4. The molecule has 0 saturated carbocycles. The molecule has 1 saturated heterocycles. The van der Waals surface area contributed by atoms with Crippen LogP contribution in [0, 0.1) is 0 Å². The maximum Gasteiger partial charge on any atom is 0.418 e. The SMILES string of the molecule is CC[C@H](C(=O)O)N1CC[C@](O)(C(F)(F)F)C1. The van der Waals surface area contributed by atoms with E-state index in [-0.39, 0.29) is 13.0 Å². The molecule has 2 N–H and O–H groups in total. The van der Waals surface area contributed by atoms with Crippen molar-refractivity contribution in [2.75, 3.05) is 13.1 Å². The van der Waals surface area contributed by atoms with Gasteiger partial charge in [-0.1, -0.05) is 6.92 Å². The van der Waals surface area contributed by atoms with E-state index in [4.69, 9.17) is 5.11 Å². The smallest absolute Gasteiger partial charge is 0.418 e. The standard InChI is InChI=1S/C9H14F3NO3/c1-2-6(7(14)15)13-4-3-8(16,5-13)9(10,11)12/h6,16H,2-5H2,1H3,(H,14,15)/t6-,8-/m1/s1. The Morgan fingerprint density at radius 1 is 1.56 bits per heavy atom. The van der Waals surface area contributed by atoms with Crippen LogP contribution in [0.1, 0.15) is 19.8 Å². The van der Waals surface area contributed by atoms with Crippen LogP contribution in [0.25, 0.3) is 0 Å².